The van der Waals surface area contributed by atoms with Gasteiger partial charge >= 0.3 is 25.7 Å². The fourth-order valence-electron chi connectivity index (χ4n) is 4.67. The van der Waals surface area contributed by atoms with Crippen LogP contribution in [0.2, 0.25) is 134 Å². The molecule has 1 fully saturated rings. The fraction of sp³-hybridized carbons (Fsp3) is 1.00. The van der Waals surface area contributed by atoms with E-state index in [4.69, 9.17) is 24.7 Å². The molecular weight excluding hydrogens is 601 g/mol. The first-order valence-corrected chi connectivity index (χ1v) is 37.7. The summed E-state index contributed by atoms with van der Waals surface area (Å²) >= 11 is 0. The van der Waals surface area contributed by atoms with Crippen LogP contribution in [0.1, 0.15) is 0 Å². The summed E-state index contributed by atoms with van der Waals surface area (Å²) in [6, 6.07) is 6.33. The molecule has 213 valence electrons. The molecular formula is C21H57O6Si9. The summed E-state index contributed by atoms with van der Waals surface area (Å²) in [5.41, 5.74) is 0. The third-order valence-corrected chi connectivity index (χ3v) is 35.3. The van der Waals surface area contributed by atoms with Crippen molar-refractivity contribution < 1.29 is 24.7 Å². The highest BCUT2D eigenvalue weighted by molar-refractivity contribution is 6.94. The molecule has 0 N–H and O–H groups in total. The second-order valence-corrected chi connectivity index (χ2v) is 45.5. The van der Waals surface area contributed by atoms with E-state index in [-0.39, 0.29) is 0 Å². The fourth-order valence-corrected chi connectivity index (χ4v) is 43.1. The average molecular weight is 658 g/mol. The molecule has 3 radical (unpaired) electrons. The van der Waals surface area contributed by atoms with Crippen molar-refractivity contribution in [3.05, 3.63) is 0 Å². The maximum absolute atomic E-state index is 7.00. The van der Waals surface area contributed by atoms with Gasteiger partial charge in [-0.05, 0) is 134 Å². The average Bonchev–Trinajstić information content (AvgIpc) is 2.58. The lowest BCUT2D eigenvalue weighted by Gasteiger charge is -2.51. The lowest BCUT2D eigenvalue weighted by atomic mass is 10.9. The minimum atomic E-state index is -2.37. The molecule has 1 aliphatic rings. The molecule has 1 rings (SSSR count). The third kappa shape index (κ3) is 15.5. The summed E-state index contributed by atoms with van der Waals surface area (Å²) in [7, 11) is -14.2. The molecule has 0 aliphatic carbocycles. The third-order valence-electron chi connectivity index (χ3n) is 5.53. The predicted molar refractivity (Wildman–Crippen MR) is 175 cm³/mol. The molecule has 0 aromatic rings. The summed E-state index contributed by atoms with van der Waals surface area (Å²) < 4.78 is 40.4. The maximum atomic E-state index is 7.00. The van der Waals surface area contributed by atoms with Crippen LogP contribution in [0.4, 0.5) is 0 Å². The van der Waals surface area contributed by atoms with Crippen LogP contribution < -0.4 is 0 Å². The quantitative estimate of drug-likeness (QED) is 0.168. The lowest BCUT2D eigenvalue weighted by Crippen LogP contribution is -2.67. The van der Waals surface area contributed by atoms with E-state index in [1.165, 1.54) is 0 Å². The zero-order chi connectivity index (χ0) is 28.2. The topological polar surface area (TPSA) is 55.4 Å². The van der Waals surface area contributed by atoms with Crippen molar-refractivity contribution in [2.75, 3.05) is 0 Å². The van der Waals surface area contributed by atoms with Crippen LogP contribution in [0, 0.1) is 0 Å². The van der Waals surface area contributed by atoms with Gasteiger partial charge in [-0.2, -0.15) is 0 Å². The molecule has 0 amide bonds. The van der Waals surface area contributed by atoms with Gasteiger partial charge in [-0.1, -0.05) is 0 Å². The molecule has 15 heteroatoms. The Labute approximate surface area is 235 Å². The first-order valence-electron chi connectivity index (χ1n) is 13.6. The van der Waals surface area contributed by atoms with Crippen molar-refractivity contribution in [3.63, 3.8) is 0 Å². The Balaban J connectivity index is 3.01. The van der Waals surface area contributed by atoms with Crippen molar-refractivity contribution in [3.8, 4) is 0 Å². The van der Waals surface area contributed by atoms with Crippen LogP contribution in [0.5, 0.6) is 0 Å². The summed E-state index contributed by atoms with van der Waals surface area (Å²) in [6.45, 7) is 34.4. The minimum Gasteiger partial charge on any atom is -0.456 e. The van der Waals surface area contributed by atoms with E-state index in [1.54, 1.807) is 0 Å². The van der Waals surface area contributed by atoms with Gasteiger partial charge in [0.1, 0.15) is 0 Å². The SMILES string of the molecule is C[Si](CC[Si]1(C)O[Si](C)(CC[Si](C)O[Si](C)(C)C)O[Si](C)(CC[Si](C)O[Si](C)(C)C)O1)O[Si](C)(C)C. The second-order valence-electron chi connectivity index (χ2n) is 14.0. The molecule has 0 spiro atoms. The van der Waals surface area contributed by atoms with Crippen LogP contribution >= 0.6 is 0 Å². The van der Waals surface area contributed by atoms with Gasteiger partial charge in [0.25, 0.3) is 0 Å². The zero-order valence-corrected chi connectivity index (χ0v) is 35.2. The largest absolute Gasteiger partial charge is 0.456 e. The Morgan fingerprint density at radius 2 is 0.667 bits per heavy atom. The second kappa shape index (κ2) is 13.6. The highest BCUT2D eigenvalue weighted by atomic mass is 28.5. The van der Waals surface area contributed by atoms with Crippen molar-refractivity contribution >= 4 is 77.8 Å². The Morgan fingerprint density at radius 3 is 0.833 bits per heavy atom. The molecule has 0 saturated carbocycles. The molecule has 0 unspecified atom stereocenters. The van der Waals surface area contributed by atoms with Gasteiger partial charge in [0.05, 0.1) is 0 Å². The Kier molecular flexibility index (Phi) is 13.5. The van der Waals surface area contributed by atoms with Crippen LogP contribution in [-0.2, 0) is 24.7 Å². The molecule has 0 aromatic heterocycles. The minimum absolute atomic E-state index is 0.842. The Bertz CT molecular complexity index is 584. The smallest absolute Gasteiger partial charge is 0.317 e. The van der Waals surface area contributed by atoms with E-state index < -0.39 is 77.8 Å². The number of hydrogen-bond donors (Lipinski definition) is 0. The van der Waals surface area contributed by atoms with Crippen LogP contribution in [0.15, 0.2) is 0 Å². The summed E-state index contributed by atoms with van der Waals surface area (Å²) in [4.78, 5) is 0. The molecule has 1 heterocycles. The van der Waals surface area contributed by atoms with E-state index >= 15 is 0 Å². The number of rotatable bonds is 15. The van der Waals surface area contributed by atoms with Crippen molar-refractivity contribution in [2.45, 2.75) is 134 Å². The van der Waals surface area contributed by atoms with E-state index in [9.17, 15) is 0 Å². The Hall–Kier alpha value is 1.71. The van der Waals surface area contributed by atoms with Gasteiger partial charge in [-0.25, -0.2) is 0 Å². The first-order chi connectivity index (χ1) is 15.9. The van der Waals surface area contributed by atoms with Gasteiger partial charge in [-0.15, -0.1) is 0 Å². The normalized spacial score (nSPS) is 28.5. The van der Waals surface area contributed by atoms with Crippen molar-refractivity contribution in [2.24, 2.45) is 0 Å². The summed E-state index contributed by atoms with van der Waals surface area (Å²) in [5.74, 6) is 0. The molecule has 36 heavy (non-hydrogen) atoms. The molecule has 1 saturated heterocycles. The number of hydrogen-bond acceptors (Lipinski definition) is 6. The van der Waals surface area contributed by atoms with E-state index in [0.717, 1.165) is 36.3 Å². The van der Waals surface area contributed by atoms with Crippen LogP contribution in [0.3, 0.4) is 0 Å². The zero-order valence-electron chi connectivity index (χ0n) is 26.2. The monoisotopic (exact) mass is 657 g/mol. The highest BCUT2D eigenvalue weighted by Gasteiger charge is 2.56. The molecule has 1 aliphatic heterocycles. The van der Waals surface area contributed by atoms with Gasteiger partial charge in [-0.3, -0.25) is 0 Å². The van der Waals surface area contributed by atoms with Gasteiger partial charge < -0.3 is 24.7 Å². The van der Waals surface area contributed by atoms with E-state index in [0.29, 0.717) is 0 Å². The van der Waals surface area contributed by atoms with E-state index in [1.807, 2.05) is 0 Å². The highest BCUT2D eigenvalue weighted by Crippen LogP contribution is 2.39. The van der Waals surface area contributed by atoms with Crippen molar-refractivity contribution in [1.82, 2.24) is 0 Å². The Morgan fingerprint density at radius 1 is 0.472 bits per heavy atom. The molecule has 6 nitrogen and oxygen atoms in total. The maximum Gasteiger partial charge on any atom is 0.317 e. The van der Waals surface area contributed by atoms with E-state index in [2.05, 4.69) is 98.2 Å². The van der Waals surface area contributed by atoms with Gasteiger partial charge in [0.15, 0.2) is 52.1 Å². The van der Waals surface area contributed by atoms with Crippen LogP contribution in [-0.4, -0.2) is 77.8 Å². The molecule has 0 aromatic carbocycles. The standard InChI is InChI=1S/C21H57O6Si9/c1-28(22-31(4,5)6)16-19-34(13)25-35(14,20-17-29(2)23-32(7,8)9)27-36(15,26-34)21-18-30(3)24-33(10,11)12/h16-21H2,1-15H3. The molecule has 0 atom stereocenters. The summed E-state index contributed by atoms with van der Waals surface area (Å²) in [5, 5.41) is 0. The van der Waals surface area contributed by atoms with Gasteiger partial charge in [0.2, 0.25) is 0 Å². The van der Waals surface area contributed by atoms with Crippen LogP contribution in [0.25, 0.3) is 0 Å². The first kappa shape index (κ1) is 35.7. The predicted octanol–water partition coefficient (Wildman–Crippen LogP) is 7.68. The molecule has 0 bridgehead atoms. The lowest BCUT2D eigenvalue weighted by molar-refractivity contribution is 0.224. The van der Waals surface area contributed by atoms with Gasteiger partial charge in [0, 0.05) is 0 Å². The van der Waals surface area contributed by atoms with Crippen molar-refractivity contribution in [1.29, 1.82) is 0 Å². The summed E-state index contributed by atoms with van der Waals surface area (Å²) in [6.07, 6.45) is 0.